The van der Waals surface area contributed by atoms with E-state index < -0.39 is 0 Å². The highest BCUT2D eigenvalue weighted by molar-refractivity contribution is 6.31. The third kappa shape index (κ3) is 5.02. The number of benzene rings is 3. The average molecular weight is 366 g/mol. The van der Waals surface area contributed by atoms with Crippen molar-refractivity contribution in [2.45, 2.75) is 19.1 Å². The predicted octanol–water partition coefficient (Wildman–Crippen LogP) is 5.38. The van der Waals surface area contributed by atoms with Gasteiger partial charge in [-0.15, -0.1) is 0 Å². The standard InChI is InChI=1S/C22H20ClNO2/c23-20-14-8-7-13-19(20)21(15-22(25)18-11-5-2-6-12-18)24-26-16-17-9-3-1-4-10-17/h1-14,21,24H,15-16H2/t21-/m1/s1. The number of nitrogens with one attached hydrogen (secondary N) is 1. The van der Waals surface area contributed by atoms with Crippen LogP contribution in [0.4, 0.5) is 0 Å². The fourth-order valence-electron chi connectivity index (χ4n) is 2.70. The van der Waals surface area contributed by atoms with Crippen molar-refractivity contribution < 1.29 is 9.63 Å². The molecule has 3 aromatic rings. The van der Waals surface area contributed by atoms with Gasteiger partial charge in [-0.1, -0.05) is 90.5 Å². The van der Waals surface area contributed by atoms with Gasteiger partial charge in [0.05, 0.1) is 12.6 Å². The van der Waals surface area contributed by atoms with Gasteiger partial charge in [-0.2, -0.15) is 5.48 Å². The number of hydroxylamine groups is 1. The van der Waals surface area contributed by atoms with E-state index in [1.54, 1.807) is 0 Å². The minimum atomic E-state index is -0.333. The molecule has 132 valence electrons. The SMILES string of the molecule is O=C(C[C@@H](NOCc1ccccc1)c1ccccc1Cl)c1ccccc1. The molecule has 0 unspecified atom stereocenters. The highest BCUT2D eigenvalue weighted by Crippen LogP contribution is 2.26. The normalized spacial score (nSPS) is 11.9. The Morgan fingerprint density at radius 2 is 1.50 bits per heavy atom. The molecule has 0 saturated heterocycles. The highest BCUT2D eigenvalue weighted by Gasteiger charge is 2.19. The largest absolute Gasteiger partial charge is 0.296 e. The number of hydrogen-bond acceptors (Lipinski definition) is 3. The minimum Gasteiger partial charge on any atom is -0.296 e. The molecule has 0 aliphatic rings. The predicted molar refractivity (Wildman–Crippen MR) is 104 cm³/mol. The van der Waals surface area contributed by atoms with E-state index in [4.69, 9.17) is 16.4 Å². The first-order chi connectivity index (χ1) is 12.7. The van der Waals surface area contributed by atoms with Gasteiger partial charge in [-0.05, 0) is 17.2 Å². The number of rotatable bonds is 8. The summed E-state index contributed by atoms with van der Waals surface area (Å²) >= 11 is 6.34. The van der Waals surface area contributed by atoms with Crippen molar-refractivity contribution in [2.75, 3.05) is 0 Å². The van der Waals surface area contributed by atoms with Crippen LogP contribution in [0.15, 0.2) is 84.9 Å². The van der Waals surface area contributed by atoms with E-state index in [0.29, 0.717) is 17.2 Å². The molecule has 0 aromatic heterocycles. The van der Waals surface area contributed by atoms with Crippen LogP contribution in [-0.2, 0) is 11.4 Å². The zero-order chi connectivity index (χ0) is 18.2. The second kappa shape index (κ2) is 9.30. The van der Waals surface area contributed by atoms with Crippen LogP contribution in [0.5, 0.6) is 0 Å². The molecule has 0 aliphatic carbocycles. The molecule has 0 aliphatic heterocycles. The lowest BCUT2D eigenvalue weighted by atomic mass is 9.98. The van der Waals surface area contributed by atoms with E-state index in [-0.39, 0.29) is 18.2 Å². The van der Waals surface area contributed by atoms with Crippen LogP contribution in [0, 0.1) is 0 Å². The van der Waals surface area contributed by atoms with Gasteiger partial charge < -0.3 is 0 Å². The number of Topliss-reactive ketones (excluding diaryl/α,β-unsaturated/α-hetero) is 1. The first-order valence-corrected chi connectivity index (χ1v) is 8.86. The van der Waals surface area contributed by atoms with E-state index in [2.05, 4.69) is 5.48 Å². The Hall–Kier alpha value is -2.46. The minimum absolute atomic E-state index is 0.0336. The molecular formula is C22H20ClNO2. The molecule has 0 spiro atoms. The summed E-state index contributed by atoms with van der Waals surface area (Å²) in [7, 11) is 0. The number of carbonyl (C=O) groups is 1. The van der Waals surface area contributed by atoms with E-state index in [9.17, 15) is 4.79 Å². The van der Waals surface area contributed by atoms with Crippen molar-refractivity contribution in [2.24, 2.45) is 0 Å². The summed E-state index contributed by atoms with van der Waals surface area (Å²) in [6.07, 6.45) is 0.253. The summed E-state index contributed by atoms with van der Waals surface area (Å²) in [5, 5.41) is 0.606. The molecule has 0 bridgehead atoms. The van der Waals surface area contributed by atoms with Crippen molar-refractivity contribution in [3.63, 3.8) is 0 Å². The third-order valence-corrected chi connectivity index (χ3v) is 4.42. The Balaban J connectivity index is 1.71. The Labute approximate surface area is 158 Å². The molecule has 0 amide bonds. The highest BCUT2D eigenvalue weighted by atomic mass is 35.5. The van der Waals surface area contributed by atoms with E-state index in [0.717, 1.165) is 11.1 Å². The molecule has 3 aromatic carbocycles. The molecule has 0 saturated carbocycles. The van der Waals surface area contributed by atoms with Gasteiger partial charge >= 0.3 is 0 Å². The molecule has 0 heterocycles. The lowest BCUT2D eigenvalue weighted by Crippen LogP contribution is -2.24. The van der Waals surface area contributed by atoms with Crippen LogP contribution in [0.25, 0.3) is 0 Å². The van der Waals surface area contributed by atoms with E-state index >= 15 is 0 Å². The summed E-state index contributed by atoms with van der Waals surface area (Å²) in [5.74, 6) is 0.0336. The van der Waals surface area contributed by atoms with Gasteiger partial charge in [0.2, 0.25) is 0 Å². The molecule has 1 atom stereocenters. The Bertz CT molecular complexity index is 837. The molecule has 0 fully saturated rings. The maximum atomic E-state index is 12.6. The van der Waals surface area contributed by atoms with Gasteiger partial charge in [0, 0.05) is 17.0 Å². The maximum Gasteiger partial charge on any atom is 0.164 e. The number of ketones is 1. The first kappa shape index (κ1) is 18.3. The smallest absolute Gasteiger partial charge is 0.164 e. The third-order valence-electron chi connectivity index (χ3n) is 4.07. The average Bonchev–Trinajstić information content (AvgIpc) is 2.69. The first-order valence-electron chi connectivity index (χ1n) is 8.48. The van der Waals surface area contributed by atoms with Crippen LogP contribution >= 0.6 is 11.6 Å². The molecule has 3 nitrogen and oxygen atoms in total. The topological polar surface area (TPSA) is 38.3 Å². The second-order valence-corrected chi connectivity index (χ2v) is 6.37. The van der Waals surface area contributed by atoms with Gasteiger partial charge in [0.15, 0.2) is 5.78 Å². The van der Waals surface area contributed by atoms with Crippen LogP contribution in [0.1, 0.15) is 33.9 Å². The number of halogens is 1. The van der Waals surface area contributed by atoms with Gasteiger partial charge in [-0.3, -0.25) is 9.63 Å². The van der Waals surface area contributed by atoms with Crippen molar-refractivity contribution in [3.8, 4) is 0 Å². The molecule has 0 radical (unpaired) electrons. The summed E-state index contributed by atoms with van der Waals surface area (Å²) in [6, 6.07) is 26.3. The zero-order valence-corrected chi connectivity index (χ0v) is 15.0. The van der Waals surface area contributed by atoms with Crippen molar-refractivity contribution in [3.05, 3.63) is 107 Å². The van der Waals surface area contributed by atoms with E-state index in [1.807, 2.05) is 84.9 Å². The van der Waals surface area contributed by atoms with Gasteiger partial charge in [-0.25, -0.2) is 0 Å². The quantitative estimate of drug-likeness (QED) is 0.430. The summed E-state index contributed by atoms with van der Waals surface area (Å²) in [6.45, 7) is 0.404. The van der Waals surface area contributed by atoms with Crippen LogP contribution in [0.2, 0.25) is 5.02 Å². The molecular weight excluding hydrogens is 346 g/mol. The van der Waals surface area contributed by atoms with Crippen molar-refractivity contribution >= 4 is 17.4 Å². The van der Waals surface area contributed by atoms with Crippen LogP contribution < -0.4 is 5.48 Å². The van der Waals surface area contributed by atoms with Gasteiger partial charge in [0.1, 0.15) is 0 Å². The Morgan fingerprint density at radius 3 is 2.19 bits per heavy atom. The fourth-order valence-corrected chi connectivity index (χ4v) is 2.97. The zero-order valence-electron chi connectivity index (χ0n) is 14.3. The van der Waals surface area contributed by atoms with Crippen LogP contribution in [-0.4, -0.2) is 5.78 Å². The molecule has 1 N–H and O–H groups in total. The lowest BCUT2D eigenvalue weighted by molar-refractivity contribution is 0.00178. The number of carbonyl (C=O) groups excluding carboxylic acids is 1. The number of hydrogen-bond donors (Lipinski definition) is 1. The van der Waals surface area contributed by atoms with Crippen molar-refractivity contribution in [1.29, 1.82) is 0 Å². The summed E-state index contributed by atoms with van der Waals surface area (Å²) in [4.78, 5) is 18.3. The van der Waals surface area contributed by atoms with Gasteiger partial charge in [0.25, 0.3) is 0 Å². The maximum absolute atomic E-state index is 12.6. The summed E-state index contributed by atoms with van der Waals surface area (Å²) in [5.41, 5.74) is 5.58. The van der Waals surface area contributed by atoms with Crippen LogP contribution in [0.3, 0.4) is 0 Å². The summed E-state index contributed by atoms with van der Waals surface area (Å²) < 4.78 is 0. The molecule has 26 heavy (non-hydrogen) atoms. The monoisotopic (exact) mass is 365 g/mol. The Morgan fingerprint density at radius 1 is 0.885 bits per heavy atom. The fraction of sp³-hybridized carbons (Fsp3) is 0.136. The lowest BCUT2D eigenvalue weighted by Gasteiger charge is -2.19. The second-order valence-electron chi connectivity index (χ2n) is 5.96. The van der Waals surface area contributed by atoms with E-state index in [1.165, 1.54) is 0 Å². The molecule has 4 heteroatoms. The van der Waals surface area contributed by atoms with Crippen molar-refractivity contribution in [1.82, 2.24) is 5.48 Å². The Kier molecular flexibility index (Phi) is 6.56. The molecule has 3 rings (SSSR count).